The summed E-state index contributed by atoms with van der Waals surface area (Å²) >= 11 is 3.29. The molecule has 5 nitrogen and oxygen atoms in total. The predicted octanol–water partition coefficient (Wildman–Crippen LogP) is 4.11. The van der Waals surface area contributed by atoms with E-state index >= 15 is 0 Å². The molecule has 0 aliphatic carbocycles. The Kier molecular flexibility index (Phi) is 5.47. The van der Waals surface area contributed by atoms with Crippen molar-refractivity contribution in [2.75, 3.05) is 0 Å². The minimum atomic E-state index is -3.57. The highest BCUT2D eigenvalue weighted by molar-refractivity contribution is 9.10. The average Bonchev–Trinajstić information content (AvgIpc) is 2.62. The van der Waals surface area contributed by atoms with Crippen molar-refractivity contribution in [3.05, 3.63) is 83.0 Å². The van der Waals surface area contributed by atoms with Crippen molar-refractivity contribution in [2.45, 2.75) is 11.4 Å². The third kappa shape index (κ3) is 4.88. The van der Waals surface area contributed by atoms with Crippen LogP contribution in [-0.2, 0) is 16.6 Å². The number of halogens is 1. The molecular weight excluding hydrogens is 404 g/mol. The molecule has 25 heavy (non-hydrogen) atoms. The van der Waals surface area contributed by atoms with Gasteiger partial charge in [0.1, 0.15) is 5.75 Å². The molecule has 0 aliphatic rings. The largest absolute Gasteiger partial charge is 0.439 e. The molecule has 0 saturated carbocycles. The van der Waals surface area contributed by atoms with Crippen LogP contribution >= 0.6 is 15.9 Å². The molecule has 0 spiro atoms. The van der Waals surface area contributed by atoms with Crippen LogP contribution in [0.25, 0.3) is 0 Å². The number of pyridine rings is 1. The fourth-order valence-corrected chi connectivity index (χ4v) is 3.40. The van der Waals surface area contributed by atoms with E-state index < -0.39 is 10.0 Å². The summed E-state index contributed by atoms with van der Waals surface area (Å²) in [7, 11) is -3.57. The average molecular weight is 419 g/mol. The van der Waals surface area contributed by atoms with Gasteiger partial charge in [-0.15, -0.1) is 0 Å². The number of ether oxygens (including phenoxy) is 1. The Morgan fingerprint density at radius 1 is 1.00 bits per heavy atom. The van der Waals surface area contributed by atoms with Gasteiger partial charge in [-0.25, -0.2) is 18.1 Å². The van der Waals surface area contributed by atoms with Gasteiger partial charge in [-0.3, -0.25) is 0 Å². The van der Waals surface area contributed by atoms with Crippen molar-refractivity contribution in [3.8, 4) is 11.6 Å². The zero-order valence-electron chi connectivity index (χ0n) is 13.1. The topological polar surface area (TPSA) is 68.3 Å². The van der Waals surface area contributed by atoms with Crippen molar-refractivity contribution in [2.24, 2.45) is 0 Å². The molecule has 3 aromatic rings. The van der Waals surface area contributed by atoms with Crippen molar-refractivity contribution in [1.29, 1.82) is 0 Å². The molecule has 0 fully saturated rings. The molecule has 128 valence electrons. The van der Waals surface area contributed by atoms with Crippen molar-refractivity contribution >= 4 is 26.0 Å². The van der Waals surface area contributed by atoms with E-state index in [9.17, 15) is 8.42 Å². The standard InChI is InChI=1S/C18H15BrN2O3S/c19-15-7-9-17(10-8-15)25(22,23)21-13-14-4-3-5-16(12-14)24-18-6-1-2-11-20-18/h1-12,21H,13H2. The van der Waals surface area contributed by atoms with E-state index in [4.69, 9.17) is 4.74 Å². The second kappa shape index (κ2) is 7.77. The van der Waals surface area contributed by atoms with Crippen LogP contribution in [0.3, 0.4) is 0 Å². The van der Waals surface area contributed by atoms with Crippen LogP contribution < -0.4 is 9.46 Å². The molecule has 0 unspecified atom stereocenters. The first-order chi connectivity index (χ1) is 12.0. The lowest BCUT2D eigenvalue weighted by Gasteiger charge is -2.09. The van der Waals surface area contributed by atoms with Gasteiger partial charge in [0, 0.05) is 23.3 Å². The third-order valence-corrected chi connectivity index (χ3v) is 5.29. The number of nitrogens with zero attached hydrogens (tertiary/aromatic N) is 1. The zero-order chi connectivity index (χ0) is 17.7. The molecule has 3 rings (SSSR count). The highest BCUT2D eigenvalue weighted by atomic mass is 79.9. The molecule has 1 N–H and O–H groups in total. The Labute approximate surface area is 154 Å². The van der Waals surface area contributed by atoms with Gasteiger partial charge in [0.2, 0.25) is 15.9 Å². The lowest BCUT2D eigenvalue weighted by Crippen LogP contribution is -2.23. The molecule has 7 heteroatoms. The Morgan fingerprint density at radius 2 is 1.80 bits per heavy atom. The first-order valence-corrected chi connectivity index (χ1v) is 9.74. The summed E-state index contributed by atoms with van der Waals surface area (Å²) in [6, 6.07) is 19.1. The molecule has 0 atom stereocenters. The minimum Gasteiger partial charge on any atom is -0.439 e. The third-order valence-electron chi connectivity index (χ3n) is 3.35. The monoisotopic (exact) mass is 418 g/mol. The molecule has 0 saturated heterocycles. The van der Waals surface area contributed by atoms with Crippen LogP contribution in [0.2, 0.25) is 0 Å². The summed E-state index contributed by atoms with van der Waals surface area (Å²) in [6.07, 6.45) is 1.64. The second-order valence-corrected chi connectivity index (χ2v) is 7.88. The van der Waals surface area contributed by atoms with Gasteiger partial charge in [-0.05, 0) is 48.0 Å². The van der Waals surface area contributed by atoms with E-state index in [0.29, 0.717) is 11.6 Å². The number of hydrogen-bond donors (Lipinski definition) is 1. The van der Waals surface area contributed by atoms with E-state index in [-0.39, 0.29) is 11.4 Å². The number of hydrogen-bond acceptors (Lipinski definition) is 4. The summed E-state index contributed by atoms with van der Waals surface area (Å²) in [4.78, 5) is 4.32. The summed E-state index contributed by atoms with van der Waals surface area (Å²) in [5, 5.41) is 0. The fourth-order valence-electron chi connectivity index (χ4n) is 2.12. The maximum atomic E-state index is 12.3. The normalized spacial score (nSPS) is 11.2. The molecular formula is C18H15BrN2O3S. The lowest BCUT2D eigenvalue weighted by atomic mass is 10.2. The Hall–Kier alpha value is -2.22. The number of benzene rings is 2. The van der Waals surface area contributed by atoms with Crippen LogP contribution in [0.15, 0.2) is 82.3 Å². The summed E-state index contributed by atoms with van der Waals surface area (Å²) < 4.78 is 33.7. The van der Waals surface area contributed by atoms with Crippen molar-refractivity contribution in [1.82, 2.24) is 9.71 Å². The Bertz CT molecular complexity index is 946. The number of aromatic nitrogens is 1. The SMILES string of the molecule is O=S(=O)(NCc1cccc(Oc2ccccn2)c1)c1ccc(Br)cc1. The molecule has 0 amide bonds. The second-order valence-electron chi connectivity index (χ2n) is 5.20. The van der Waals surface area contributed by atoms with E-state index in [0.717, 1.165) is 10.0 Å². The molecule has 0 radical (unpaired) electrons. The van der Waals surface area contributed by atoms with Gasteiger partial charge in [-0.2, -0.15) is 0 Å². The maximum Gasteiger partial charge on any atom is 0.240 e. The highest BCUT2D eigenvalue weighted by Crippen LogP contribution is 2.20. The maximum absolute atomic E-state index is 12.3. The van der Waals surface area contributed by atoms with E-state index in [1.165, 1.54) is 0 Å². The van der Waals surface area contributed by atoms with Gasteiger partial charge in [0.15, 0.2) is 0 Å². The molecule has 0 aliphatic heterocycles. The van der Waals surface area contributed by atoms with Gasteiger partial charge in [0.25, 0.3) is 0 Å². The molecule has 1 aromatic heterocycles. The van der Waals surface area contributed by atoms with Gasteiger partial charge < -0.3 is 4.74 Å². The van der Waals surface area contributed by atoms with Crippen LogP contribution in [0.1, 0.15) is 5.56 Å². The quantitative estimate of drug-likeness (QED) is 0.653. The van der Waals surface area contributed by atoms with Crippen LogP contribution in [-0.4, -0.2) is 13.4 Å². The summed E-state index contributed by atoms with van der Waals surface area (Å²) in [5.41, 5.74) is 0.786. The number of sulfonamides is 1. The molecule has 1 heterocycles. The van der Waals surface area contributed by atoms with Crippen LogP contribution in [0.5, 0.6) is 11.6 Å². The predicted molar refractivity (Wildman–Crippen MR) is 98.9 cm³/mol. The number of nitrogens with one attached hydrogen (secondary N) is 1. The Balaban J connectivity index is 1.69. The van der Waals surface area contributed by atoms with E-state index in [1.54, 1.807) is 54.7 Å². The van der Waals surface area contributed by atoms with Crippen LogP contribution in [0.4, 0.5) is 0 Å². The van der Waals surface area contributed by atoms with Gasteiger partial charge in [-0.1, -0.05) is 34.1 Å². The summed E-state index contributed by atoms with van der Waals surface area (Å²) in [6.45, 7) is 0.164. The first-order valence-electron chi connectivity index (χ1n) is 7.46. The zero-order valence-corrected chi connectivity index (χ0v) is 15.5. The van der Waals surface area contributed by atoms with Crippen LogP contribution in [0, 0.1) is 0 Å². The van der Waals surface area contributed by atoms with Crippen molar-refractivity contribution < 1.29 is 13.2 Å². The van der Waals surface area contributed by atoms with E-state index in [2.05, 4.69) is 25.6 Å². The lowest BCUT2D eigenvalue weighted by molar-refractivity contribution is 0.462. The number of rotatable bonds is 6. The molecule has 2 aromatic carbocycles. The Morgan fingerprint density at radius 3 is 2.52 bits per heavy atom. The first kappa shape index (κ1) is 17.6. The van der Waals surface area contributed by atoms with Crippen molar-refractivity contribution in [3.63, 3.8) is 0 Å². The smallest absolute Gasteiger partial charge is 0.240 e. The summed E-state index contributed by atoms with van der Waals surface area (Å²) in [5.74, 6) is 1.08. The van der Waals surface area contributed by atoms with E-state index in [1.807, 2.05) is 18.2 Å². The fraction of sp³-hybridized carbons (Fsp3) is 0.0556. The van der Waals surface area contributed by atoms with Gasteiger partial charge in [0.05, 0.1) is 4.90 Å². The highest BCUT2D eigenvalue weighted by Gasteiger charge is 2.13. The van der Waals surface area contributed by atoms with Gasteiger partial charge >= 0.3 is 0 Å². The molecule has 0 bridgehead atoms. The minimum absolute atomic E-state index is 0.164.